The predicted octanol–water partition coefficient (Wildman–Crippen LogP) is 3.53. The number of ether oxygens (including phenoxy) is 1. The Balaban J connectivity index is 1.84. The van der Waals surface area contributed by atoms with Gasteiger partial charge in [-0.15, -0.1) is 0 Å². The first-order valence-electron chi connectivity index (χ1n) is 10.5. The van der Waals surface area contributed by atoms with Gasteiger partial charge in [0.1, 0.15) is 17.2 Å². The Morgan fingerprint density at radius 1 is 1.10 bits per heavy atom. The smallest absolute Gasteiger partial charge is 0.348 e. The number of hydrogen-bond donors (Lipinski definition) is 4. The Morgan fingerprint density at radius 2 is 1.81 bits per heavy atom. The van der Waals surface area contributed by atoms with E-state index < -0.39 is 5.69 Å². The van der Waals surface area contributed by atoms with Crippen LogP contribution in [-0.4, -0.2) is 44.2 Å². The van der Waals surface area contributed by atoms with E-state index in [-0.39, 0.29) is 23.2 Å². The van der Waals surface area contributed by atoms with Crippen molar-refractivity contribution in [2.75, 3.05) is 13.2 Å². The molecule has 3 aromatic rings. The number of hydrogen-bond acceptors (Lipinski definition) is 6. The Bertz CT molecular complexity index is 1070. The molecule has 0 aliphatic rings. The molecule has 8 nitrogen and oxygen atoms in total. The molecule has 0 amide bonds. The second-order valence-electron chi connectivity index (χ2n) is 8.08. The van der Waals surface area contributed by atoms with Crippen molar-refractivity contribution in [3.05, 3.63) is 52.4 Å². The molecule has 0 radical (unpaired) electrons. The predicted molar refractivity (Wildman–Crippen MR) is 120 cm³/mol. The van der Waals surface area contributed by atoms with Gasteiger partial charge in [0, 0.05) is 12.1 Å². The number of aromatic amines is 1. The summed E-state index contributed by atoms with van der Waals surface area (Å²) in [7, 11) is 0. The minimum absolute atomic E-state index is 0.00535. The van der Waals surface area contributed by atoms with Gasteiger partial charge in [-0.1, -0.05) is 27.7 Å². The van der Waals surface area contributed by atoms with Crippen molar-refractivity contribution < 1.29 is 14.9 Å². The number of benzene rings is 2. The van der Waals surface area contributed by atoms with E-state index in [1.54, 1.807) is 30.3 Å². The highest BCUT2D eigenvalue weighted by molar-refractivity contribution is 5.69. The Labute approximate surface area is 181 Å². The third-order valence-corrected chi connectivity index (χ3v) is 4.92. The molecule has 0 saturated carbocycles. The fourth-order valence-electron chi connectivity index (χ4n) is 3.30. The quantitative estimate of drug-likeness (QED) is 0.390. The van der Waals surface area contributed by atoms with Gasteiger partial charge in [-0.3, -0.25) is 0 Å². The van der Waals surface area contributed by atoms with E-state index in [2.05, 4.69) is 29.4 Å². The second kappa shape index (κ2) is 9.70. The first-order chi connectivity index (χ1) is 14.8. The van der Waals surface area contributed by atoms with E-state index in [0.717, 1.165) is 13.0 Å². The molecular weight excluding hydrogens is 396 g/mol. The fourth-order valence-corrected chi connectivity index (χ4v) is 3.30. The number of nitrogens with zero attached hydrogens (tertiary/aromatic N) is 2. The number of phenols is 2. The zero-order chi connectivity index (χ0) is 22.5. The summed E-state index contributed by atoms with van der Waals surface area (Å²) in [6.07, 6.45) is 0.892. The number of aromatic hydroxyl groups is 2. The van der Waals surface area contributed by atoms with Crippen molar-refractivity contribution in [2.24, 2.45) is 0 Å². The number of nitrogens with one attached hydrogen (secondary N) is 2. The number of phenolic OH excluding ortho intramolecular Hbond substituents is 2. The molecule has 31 heavy (non-hydrogen) atoms. The molecule has 0 unspecified atom stereocenters. The highest BCUT2D eigenvalue weighted by Gasteiger charge is 2.19. The largest absolute Gasteiger partial charge is 0.508 e. The zero-order valence-electron chi connectivity index (χ0n) is 18.3. The maximum atomic E-state index is 12.5. The normalized spacial score (nSPS) is 11.4. The van der Waals surface area contributed by atoms with Crippen LogP contribution in [0.3, 0.4) is 0 Å². The highest BCUT2D eigenvalue weighted by Crippen LogP contribution is 2.37. The van der Waals surface area contributed by atoms with Crippen LogP contribution >= 0.6 is 0 Å². The molecule has 1 aromatic heterocycles. The van der Waals surface area contributed by atoms with Gasteiger partial charge < -0.3 is 20.3 Å². The van der Waals surface area contributed by atoms with Gasteiger partial charge in [0.25, 0.3) is 0 Å². The molecule has 0 atom stereocenters. The second-order valence-corrected chi connectivity index (χ2v) is 8.08. The minimum Gasteiger partial charge on any atom is -0.508 e. The topological polar surface area (TPSA) is 112 Å². The maximum Gasteiger partial charge on any atom is 0.348 e. The van der Waals surface area contributed by atoms with Crippen LogP contribution in [0.1, 0.15) is 45.6 Å². The highest BCUT2D eigenvalue weighted by atomic mass is 16.5. The van der Waals surface area contributed by atoms with Crippen LogP contribution in [0.4, 0.5) is 0 Å². The molecule has 2 aromatic carbocycles. The van der Waals surface area contributed by atoms with E-state index in [4.69, 9.17) is 4.74 Å². The molecule has 4 N–H and O–H groups in total. The molecule has 1 heterocycles. The molecule has 8 heteroatoms. The van der Waals surface area contributed by atoms with Crippen LogP contribution < -0.4 is 15.7 Å². The standard InChI is InChI=1S/C23H30N4O4/c1-14(2)18-12-19(21(29)13-20(18)28)22-25-26-23(30)27(22)16-6-8-17(9-7-16)31-11-5-10-24-15(3)4/h6-9,12-15,24,28-29H,5,10-11H2,1-4H3,(H,26,30). The first kappa shape index (κ1) is 22.4. The first-order valence-corrected chi connectivity index (χ1v) is 10.5. The summed E-state index contributed by atoms with van der Waals surface area (Å²) >= 11 is 0. The van der Waals surface area contributed by atoms with E-state index in [1.807, 2.05) is 13.8 Å². The van der Waals surface area contributed by atoms with E-state index >= 15 is 0 Å². The monoisotopic (exact) mass is 426 g/mol. The Hall–Kier alpha value is -3.26. The number of aromatic nitrogens is 3. The zero-order valence-corrected chi connectivity index (χ0v) is 18.3. The molecule has 0 aliphatic heterocycles. The summed E-state index contributed by atoms with van der Waals surface area (Å²) in [5, 5.41) is 30.4. The fraction of sp³-hybridized carbons (Fsp3) is 0.391. The molecule has 3 rings (SSSR count). The SMILES string of the molecule is CC(C)NCCCOc1ccc(-n2c(-c3cc(C(C)C)c(O)cc3O)n[nH]c2=O)cc1. The summed E-state index contributed by atoms with van der Waals surface area (Å²) < 4.78 is 7.14. The Morgan fingerprint density at radius 3 is 2.45 bits per heavy atom. The summed E-state index contributed by atoms with van der Waals surface area (Å²) in [4.78, 5) is 12.5. The van der Waals surface area contributed by atoms with Gasteiger partial charge in [0.2, 0.25) is 0 Å². The van der Waals surface area contributed by atoms with Gasteiger partial charge >= 0.3 is 5.69 Å². The lowest BCUT2D eigenvalue weighted by Crippen LogP contribution is -2.24. The average molecular weight is 427 g/mol. The van der Waals surface area contributed by atoms with Gasteiger partial charge in [-0.25, -0.2) is 14.5 Å². The third kappa shape index (κ3) is 5.27. The summed E-state index contributed by atoms with van der Waals surface area (Å²) in [5.41, 5.74) is 1.17. The van der Waals surface area contributed by atoms with Gasteiger partial charge in [0.15, 0.2) is 5.82 Å². The van der Waals surface area contributed by atoms with Crippen molar-refractivity contribution >= 4 is 0 Å². The van der Waals surface area contributed by atoms with Crippen LogP contribution in [0.15, 0.2) is 41.2 Å². The van der Waals surface area contributed by atoms with E-state index in [9.17, 15) is 15.0 Å². The average Bonchev–Trinajstić information content (AvgIpc) is 3.09. The number of rotatable bonds is 9. The third-order valence-electron chi connectivity index (χ3n) is 4.92. The van der Waals surface area contributed by atoms with E-state index in [1.165, 1.54) is 10.6 Å². The van der Waals surface area contributed by atoms with Crippen LogP contribution in [-0.2, 0) is 0 Å². The molecular formula is C23H30N4O4. The minimum atomic E-state index is -0.429. The molecule has 0 aliphatic carbocycles. The van der Waals surface area contributed by atoms with Crippen molar-refractivity contribution in [3.63, 3.8) is 0 Å². The van der Waals surface area contributed by atoms with Crippen LogP contribution in [0.5, 0.6) is 17.2 Å². The molecule has 0 fully saturated rings. The van der Waals surface area contributed by atoms with E-state index in [0.29, 0.717) is 35.2 Å². The van der Waals surface area contributed by atoms with Crippen LogP contribution in [0, 0.1) is 0 Å². The lowest BCUT2D eigenvalue weighted by Gasteiger charge is -2.13. The van der Waals surface area contributed by atoms with Crippen LogP contribution in [0.2, 0.25) is 0 Å². The molecule has 0 bridgehead atoms. The van der Waals surface area contributed by atoms with Crippen LogP contribution in [0.25, 0.3) is 17.1 Å². The van der Waals surface area contributed by atoms with Crippen molar-refractivity contribution in [1.29, 1.82) is 0 Å². The lowest BCUT2D eigenvalue weighted by atomic mass is 9.98. The molecule has 0 saturated heterocycles. The summed E-state index contributed by atoms with van der Waals surface area (Å²) in [6, 6.07) is 10.5. The number of H-pyrrole nitrogens is 1. The Kier molecular flexibility index (Phi) is 7.02. The van der Waals surface area contributed by atoms with Crippen molar-refractivity contribution in [2.45, 2.75) is 46.1 Å². The lowest BCUT2D eigenvalue weighted by molar-refractivity contribution is 0.306. The van der Waals surface area contributed by atoms with Gasteiger partial charge in [-0.05, 0) is 54.8 Å². The van der Waals surface area contributed by atoms with Gasteiger partial charge in [-0.2, -0.15) is 5.10 Å². The summed E-state index contributed by atoms with van der Waals surface area (Å²) in [5.74, 6) is 0.854. The molecule has 0 spiro atoms. The van der Waals surface area contributed by atoms with Crippen molar-refractivity contribution in [3.8, 4) is 34.3 Å². The van der Waals surface area contributed by atoms with Gasteiger partial charge in [0.05, 0.1) is 17.9 Å². The van der Waals surface area contributed by atoms with Crippen molar-refractivity contribution in [1.82, 2.24) is 20.1 Å². The maximum absolute atomic E-state index is 12.5. The molecule has 166 valence electrons. The summed E-state index contributed by atoms with van der Waals surface area (Å²) in [6.45, 7) is 9.56.